The third-order valence-electron chi connectivity index (χ3n) is 6.36. The first-order valence-electron chi connectivity index (χ1n) is 12.8. The molecular formula is C30H38N2O5S. The van der Waals surface area contributed by atoms with Gasteiger partial charge in [-0.1, -0.05) is 61.9 Å². The molecule has 2 N–H and O–H groups in total. The molecule has 1 amide bonds. The van der Waals surface area contributed by atoms with Crippen molar-refractivity contribution in [2.24, 2.45) is 5.92 Å². The van der Waals surface area contributed by atoms with Gasteiger partial charge < -0.3 is 15.2 Å². The third kappa shape index (κ3) is 7.66. The van der Waals surface area contributed by atoms with E-state index in [9.17, 15) is 18.3 Å². The molecule has 3 aromatic rings. The third-order valence-corrected chi connectivity index (χ3v) is 8.21. The van der Waals surface area contributed by atoms with Crippen molar-refractivity contribution < 1.29 is 23.1 Å². The van der Waals surface area contributed by atoms with E-state index in [-0.39, 0.29) is 29.8 Å². The second kappa shape index (κ2) is 13.0. The van der Waals surface area contributed by atoms with Gasteiger partial charge in [0.1, 0.15) is 5.75 Å². The Bertz CT molecular complexity index is 1310. The summed E-state index contributed by atoms with van der Waals surface area (Å²) in [5.74, 6) is 0.264. The van der Waals surface area contributed by atoms with Crippen LogP contribution in [0.25, 0.3) is 0 Å². The lowest BCUT2D eigenvalue weighted by molar-refractivity contribution is 0.0775. The number of aryl methyl sites for hydroxylation is 2. The fourth-order valence-corrected chi connectivity index (χ4v) is 6.00. The zero-order chi connectivity index (χ0) is 27.9. The molecule has 0 aromatic heterocycles. The minimum Gasteiger partial charge on any atom is -0.497 e. The quantitative estimate of drug-likeness (QED) is 0.357. The molecule has 0 heterocycles. The Morgan fingerprint density at radius 3 is 2.21 bits per heavy atom. The highest BCUT2D eigenvalue weighted by Gasteiger charge is 2.31. The van der Waals surface area contributed by atoms with Crippen molar-refractivity contribution in [3.8, 4) is 5.75 Å². The minimum absolute atomic E-state index is 0.0209. The molecule has 0 aliphatic rings. The van der Waals surface area contributed by atoms with Gasteiger partial charge in [-0.2, -0.15) is 4.31 Å². The first-order chi connectivity index (χ1) is 18.0. The molecule has 0 spiro atoms. The number of aliphatic hydroxyl groups is 1. The molecule has 0 saturated carbocycles. The van der Waals surface area contributed by atoms with Crippen molar-refractivity contribution >= 4 is 15.9 Å². The Balaban J connectivity index is 1.90. The molecule has 0 bridgehead atoms. The summed E-state index contributed by atoms with van der Waals surface area (Å²) in [5, 5.41) is 14.4. The Kier molecular flexibility index (Phi) is 10.1. The number of sulfonamides is 1. The smallest absolute Gasteiger partial charge is 0.251 e. The number of ether oxygens (including phenoxy) is 1. The van der Waals surface area contributed by atoms with Crippen molar-refractivity contribution in [2.45, 2.75) is 51.2 Å². The number of methoxy groups -OCH3 is 1. The second-order valence-electron chi connectivity index (χ2n) is 10.0. The van der Waals surface area contributed by atoms with E-state index >= 15 is 0 Å². The molecule has 0 saturated heterocycles. The molecule has 2 atom stereocenters. The van der Waals surface area contributed by atoms with Crippen molar-refractivity contribution in [3.63, 3.8) is 0 Å². The molecular weight excluding hydrogens is 500 g/mol. The normalized spacial score (nSPS) is 13.4. The summed E-state index contributed by atoms with van der Waals surface area (Å²) in [4.78, 5) is 13.4. The zero-order valence-corrected chi connectivity index (χ0v) is 23.5. The second-order valence-corrected chi connectivity index (χ2v) is 12.0. The molecule has 7 nitrogen and oxygen atoms in total. The summed E-state index contributed by atoms with van der Waals surface area (Å²) in [7, 11) is -2.39. The maximum absolute atomic E-state index is 13.6. The van der Waals surface area contributed by atoms with Crippen LogP contribution in [-0.4, -0.2) is 56.1 Å². The Hall–Kier alpha value is -3.20. The molecule has 0 aliphatic heterocycles. The number of aliphatic hydroxyl groups excluding tert-OH is 1. The van der Waals surface area contributed by atoms with Crippen LogP contribution in [0.1, 0.15) is 40.9 Å². The van der Waals surface area contributed by atoms with Gasteiger partial charge in [-0.05, 0) is 67.6 Å². The highest BCUT2D eigenvalue weighted by molar-refractivity contribution is 7.89. The number of hydrogen-bond acceptors (Lipinski definition) is 5. The van der Waals surface area contributed by atoms with E-state index in [4.69, 9.17) is 4.74 Å². The number of nitrogens with one attached hydrogen (secondary N) is 1. The summed E-state index contributed by atoms with van der Waals surface area (Å²) < 4.78 is 33.6. The van der Waals surface area contributed by atoms with Gasteiger partial charge in [0, 0.05) is 18.7 Å². The number of carbonyl (C=O) groups excluding carboxylic acids is 1. The largest absolute Gasteiger partial charge is 0.497 e. The van der Waals surface area contributed by atoms with E-state index < -0.39 is 22.2 Å². The highest BCUT2D eigenvalue weighted by atomic mass is 32.2. The first kappa shape index (κ1) is 29.4. The molecule has 0 radical (unpaired) electrons. The number of nitrogens with zero attached hydrogens (tertiary/aromatic N) is 1. The van der Waals surface area contributed by atoms with E-state index in [1.165, 1.54) is 23.5 Å². The monoisotopic (exact) mass is 538 g/mol. The number of amides is 1. The van der Waals surface area contributed by atoms with Crippen LogP contribution in [-0.2, 0) is 16.4 Å². The van der Waals surface area contributed by atoms with Crippen molar-refractivity contribution in [1.29, 1.82) is 0 Å². The predicted molar refractivity (Wildman–Crippen MR) is 150 cm³/mol. The number of carbonyl (C=O) groups is 1. The Labute approximate surface area is 226 Å². The summed E-state index contributed by atoms with van der Waals surface area (Å²) in [6, 6.07) is 20.6. The van der Waals surface area contributed by atoms with Gasteiger partial charge in [0.15, 0.2) is 0 Å². The lowest BCUT2D eigenvalue weighted by Gasteiger charge is -2.31. The average Bonchev–Trinajstić information content (AvgIpc) is 2.88. The fraction of sp³-hybridized carbons (Fsp3) is 0.367. The Morgan fingerprint density at radius 2 is 1.63 bits per heavy atom. The van der Waals surface area contributed by atoms with Crippen LogP contribution >= 0.6 is 0 Å². The van der Waals surface area contributed by atoms with Crippen molar-refractivity contribution in [2.75, 3.05) is 20.2 Å². The maximum atomic E-state index is 13.6. The van der Waals surface area contributed by atoms with Gasteiger partial charge in [-0.25, -0.2) is 8.42 Å². The van der Waals surface area contributed by atoms with E-state index in [1.54, 1.807) is 18.2 Å². The van der Waals surface area contributed by atoms with Crippen molar-refractivity contribution in [1.82, 2.24) is 9.62 Å². The summed E-state index contributed by atoms with van der Waals surface area (Å²) >= 11 is 0. The standard InChI is InChI=1S/C30H38N2O5S/c1-21(2)19-32(38(35,36)26-14-12-25(37-5)13-15-26)20-29(33)28(18-24-9-7-6-8-10-24)31-30(34)27-16-11-22(3)17-23(27)4/h6-17,21,28-29,33H,18-20H2,1-5H3,(H,31,34). The van der Waals surface area contributed by atoms with Gasteiger partial charge >= 0.3 is 0 Å². The summed E-state index contributed by atoms with van der Waals surface area (Å²) in [5.41, 5.74) is 3.32. The van der Waals surface area contributed by atoms with Gasteiger partial charge in [0.25, 0.3) is 5.91 Å². The number of hydrogen-bond donors (Lipinski definition) is 2. The average molecular weight is 539 g/mol. The molecule has 0 fully saturated rings. The molecule has 2 unspecified atom stereocenters. The van der Waals surface area contributed by atoms with E-state index in [2.05, 4.69) is 5.32 Å². The SMILES string of the molecule is COc1ccc(S(=O)(=O)N(CC(C)C)CC(O)C(Cc2ccccc2)NC(=O)c2ccc(C)cc2C)cc1. The number of benzene rings is 3. The van der Waals surface area contributed by atoms with Crippen LogP contribution in [0.15, 0.2) is 77.7 Å². The lowest BCUT2D eigenvalue weighted by Crippen LogP contribution is -2.51. The molecule has 204 valence electrons. The van der Waals surface area contributed by atoms with E-state index in [0.717, 1.165) is 16.7 Å². The number of rotatable bonds is 12. The van der Waals surface area contributed by atoms with Crippen LogP contribution in [0.2, 0.25) is 0 Å². The summed E-state index contributed by atoms with van der Waals surface area (Å²) in [6.45, 7) is 7.73. The van der Waals surface area contributed by atoms with Gasteiger partial charge in [-0.15, -0.1) is 0 Å². The van der Waals surface area contributed by atoms with Crippen LogP contribution in [0.3, 0.4) is 0 Å². The summed E-state index contributed by atoms with van der Waals surface area (Å²) in [6.07, 6.45) is -0.812. The molecule has 8 heteroatoms. The van der Waals surface area contributed by atoms with Gasteiger partial charge in [0.05, 0.1) is 24.2 Å². The zero-order valence-electron chi connectivity index (χ0n) is 22.7. The van der Waals surface area contributed by atoms with E-state index in [0.29, 0.717) is 17.7 Å². The van der Waals surface area contributed by atoms with Crippen molar-refractivity contribution in [3.05, 3.63) is 95.1 Å². The molecule has 3 rings (SSSR count). The van der Waals surface area contributed by atoms with Gasteiger partial charge in [-0.3, -0.25) is 4.79 Å². The first-order valence-corrected chi connectivity index (χ1v) is 14.2. The maximum Gasteiger partial charge on any atom is 0.251 e. The molecule has 3 aromatic carbocycles. The Morgan fingerprint density at radius 1 is 0.974 bits per heavy atom. The van der Waals surface area contributed by atoms with Crippen LogP contribution in [0, 0.1) is 19.8 Å². The molecule has 0 aliphatic carbocycles. The fourth-order valence-electron chi connectivity index (χ4n) is 4.38. The van der Waals surface area contributed by atoms with Crippen LogP contribution in [0.5, 0.6) is 5.75 Å². The van der Waals surface area contributed by atoms with Gasteiger partial charge in [0.2, 0.25) is 10.0 Å². The highest BCUT2D eigenvalue weighted by Crippen LogP contribution is 2.22. The minimum atomic E-state index is -3.91. The predicted octanol–water partition coefficient (Wildman–Crippen LogP) is 4.36. The lowest BCUT2D eigenvalue weighted by atomic mass is 9.99. The molecule has 38 heavy (non-hydrogen) atoms. The topological polar surface area (TPSA) is 95.9 Å². The van der Waals surface area contributed by atoms with E-state index in [1.807, 2.05) is 70.2 Å². The van der Waals surface area contributed by atoms with Crippen LogP contribution < -0.4 is 10.1 Å². The van der Waals surface area contributed by atoms with Crippen LogP contribution in [0.4, 0.5) is 0 Å².